The zero-order chi connectivity index (χ0) is 17.5. The summed E-state index contributed by atoms with van der Waals surface area (Å²) in [6, 6.07) is 0. The molecule has 1 aromatic rings. The molecule has 2 heterocycles. The minimum atomic E-state index is -0.0623. The summed E-state index contributed by atoms with van der Waals surface area (Å²) in [5.41, 5.74) is 1.04. The van der Waals surface area contributed by atoms with Crippen LogP contribution in [0.5, 0.6) is 0 Å². The number of morpholine rings is 1. The van der Waals surface area contributed by atoms with Gasteiger partial charge in [-0.15, -0.1) is 6.58 Å². The van der Waals surface area contributed by atoms with Crippen molar-refractivity contribution in [2.24, 2.45) is 12.0 Å². The monoisotopic (exact) mass is 334 g/mol. The third-order valence-electron chi connectivity index (χ3n) is 3.73. The van der Waals surface area contributed by atoms with Gasteiger partial charge >= 0.3 is 0 Å². The van der Waals surface area contributed by atoms with Gasteiger partial charge in [-0.05, 0) is 0 Å². The number of nitrogens with one attached hydrogen (secondary N) is 1. The van der Waals surface area contributed by atoms with Crippen molar-refractivity contribution in [3.05, 3.63) is 30.6 Å². The fourth-order valence-electron chi connectivity index (χ4n) is 2.36. The van der Waals surface area contributed by atoms with Crippen LogP contribution in [0.25, 0.3) is 0 Å². The van der Waals surface area contributed by atoms with Crippen LogP contribution in [0.3, 0.4) is 0 Å². The fraction of sp³-hybridized carbons (Fsp3) is 0.562. The minimum absolute atomic E-state index is 0.0371. The first-order chi connectivity index (χ1) is 11.5. The number of carbonyl (C=O) groups excluding carboxylic acids is 1. The average Bonchev–Trinajstić information content (AvgIpc) is 3.01. The van der Waals surface area contributed by atoms with Crippen molar-refractivity contribution >= 4 is 11.9 Å². The number of carbonyl (C=O) groups is 1. The molecule has 1 fully saturated rings. The lowest BCUT2D eigenvalue weighted by Crippen LogP contribution is -2.48. The molecule has 1 N–H and O–H groups in total. The molecule has 0 radical (unpaired) electrons. The average molecular weight is 334 g/mol. The summed E-state index contributed by atoms with van der Waals surface area (Å²) in [4.78, 5) is 19.9. The second-order valence-corrected chi connectivity index (χ2v) is 5.85. The first-order valence-corrected chi connectivity index (χ1v) is 7.95. The summed E-state index contributed by atoms with van der Waals surface area (Å²) in [7, 11) is 5.33. The predicted octanol–water partition coefficient (Wildman–Crippen LogP) is 0.0132. The summed E-state index contributed by atoms with van der Waals surface area (Å²) >= 11 is 0. The highest BCUT2D eigenvalue weighted by atomic mass is 16.5. The number of nitrogens with zero attached hydrogens (tertiary/aromatic N) is 5. The molecular formula is C16H26N6O2. The molecule has 8 heteroatoms. The van der Waals surface area contributed by atoms with Crippen LogP contribution < -0.4 is 5.32 Å². The van der Waals surface area contributed by atoms with Gasteiger partial charge in [0, 0.05) is 46.0 Å². The van der Waals surface area contributed by atoms with Crippen molar-refractivity contribution < 1.29 is 9.53 Å². The number of aryl methyl sites for hydroxylation is 1. The van der Waals surface area contributed by atoms with Crippen LogP contribution in [-0.2, 0) is 16.6 Å². The van der Waals surface area contributed by atoms with Crippen LogP contribution in [0.1, 0.15) is 11.7 Å². The second kappa shape index (κ2) is 8.49. The standard InChI is InChI=1S/C16H26N6O2/c1-5-6-17-16(18-10-15(23)20(2)3)22-7-8-24-14(12-22)13-9-19-21(4)11-13/h5,9,11,14H,1,6-8,10,12H2,2-4H3,(H,17,18). The van der Waals surface area contributed by atoms with Gasteiger partial charge in [0.25, 0.3) is 0 Å². The quantitative estimate of drug-likeness (QED) is 0.467. The summed E-state index contributed by atoms with van der Waals surface area (Å²) in [5.74, 6) is 0.660. The van der Waals surface area contributed by atoms with Crippen LogP contribution in [0.2, 0.25) is 0 Å². The van der Waals surface area contributed by atoms with E-state index in [1.165, 1.54) is 4.90 Å². The van der Waals surface area contributed by atoms with Gasteiger partial charge in [0.05, 0.1) is 19.3 Å². The zero-order valence-electron chi connectivity index (χ0n) is 14.6. The van der Waals surface area contributed by atoms with Gasteiger partial charge in [0.15, 0.2) is 5.96 Å². The molecule has 132 valence electrons. The molecule has 1 amide bonds. The highest BCUT2D eigenvalue weighted by Gasteiger charge is 2.25. The van der Waals surface area contributed by atoms with Crippen molar-refractivity contribution in [3.63, 3.8) is 0 Å². The Labute approximate surface area is 142 Å². The molecule has 1 saturated heterocycles. The summed E-state index contributed by atoms with van der Waals surface area (Å²) in [5, 5.41) is 7.42. The van der Waals surface area contributed by atoms with E-state index in [9.17, 15) is 4.79 Å². The van der Waals surface area contributed by atoms with Gasteiger partial charge in [-0.2, -0.15) is 5.10 Å². The molecule has 0 spiro atoms. The highest BCUT2D eigenvalue weighted by molar-refractivity contribution is 5.85. The van der Waals surface area contributed by atoms with E-state index in [4.69, 9.17) is 4.74 Å². The predicted molar refractivity (Wildman–Crippen MR) is 92.7 cm³/mol. The Balaban J connectivity index is 2.08. The van der Waals surface area contributed by atoms with Crippen LogP contribution in [0.15, 0.2) is 30.0 Å². The number of rotatable bonds is 5. The van der Waals surface area contributed by atoms with Crippen LogP contribution in [0, 0.1) is 0 Å². The van der Waals surface area contributed by atoms with E-state index < -0.39 is 0 Å². The van der Waals surface area contributed by atoms with Crippen LogP contribution >= 0.6 is 0 Å². The van der Waals surface area contributed by atoms with E-state index in [-0.39, 0.29) is 18.6 Å². The van der Waals surface area contributed by atoms with E-state index in [1.807, 2.05) is 19.4 Å². The Bertz CT molecular complexity index is 595. The topological polar surface area (TPSA) is 75.0 Å². The number of ether oxygens (including phenoxy) is 1. The van der Waals surface area contributed by atoms with E-state index in [2.05, 4.69) is 26.9 Å². The largest absolute Gasteiger partial charge is 0.370 e. The van der Waals surface area contributed by atoms with Gasteiger partial charge in [-0.25, -0.2) is 4.99 Å². The lowest BCUT2D eigenvalue weighted by atomic mass is 10.1. The maximum absolute atomic E-state index is 11.8. The summed E-state index contributed by atoms with van der Waals surface area (Å²) in [6.45, 7) is 6.39. The van der Waals surface area contributed by atoms with Crippen LogP contribution in [-0.4, -0.2) is 78.3 Å². The molecular weight excluding hydrogens is 308 g/mol. The third-order valence-corrected chi connectivity index (χ3v) is 3.73. The van der Waals surface area contributed by atoms with Gasteiger partial charge in [0.1, 0.15) is 12.6 Å². The first-order valence-electron chi connectivity index (χ1n) is 7.95. The van der Waals surface area contributed by atoms with E-state index in [0.29, 0.717) is 25.7 Å². The minimum Gasteiger partial charge on any atom is -0.370 e. The van der Waals surface area contributed by atoms with E-state index in [1.54, 1.807) is 24.9 Å². The van der Waals surface area contributed by atoms with Crippen molar-refractivity contribution in [1.82, 2.24) is 24.9 Å². The van der Waals surface area contributed by atoms with Crippen molar-refractivity contribution in [1.29, 1.82) is 0 Å². The molecule has 2 rings (SSSR count). The maximum Gasteiger partial charge on any atom is 0.243 e. The molecule has 0 aromatic carbocycles. The van der Waals surface area contributed by atoms with Gasteiger partial charge in [0.2, 0.25) is 5.91 Å². The maximum atomic E-state index is 11.8. The lowest BCUT2D eigenvalue weighted by Gasteiger charge is -2.34. The number of likely N-dealkylation sites (N-methyl/N-ethyl adjacent to an activating group) is 1. The van der Waals surface area contributed by atoms with Crippen LogP contribution in [0.4, 0.5) is 0 Å². The molecule has 1 aliphatic rings. The second-order valence-electron chi connectivity index (χ2n) is 5.85. The Kier molecular flexibility index (Phi) is 6.36. The Morgan fingerprint density at radius 1 is 1.62 bits per heavy atom. The molecule has 1 atom stereocenters. The Hall–Kier alpha value is -2.35. The normalized spacial score (nSPS) is 18.4. The number of guanidine groups is 1. The lowest BCUT2D eigenvalue weighted by molar-refractivity contribution is -0.127. The number of hydrogen-bond donors (Lipinski definition) is 1. The van der Waals surface area contributed by atoms with E-state index in [0.717, 1.165) is 12.1 Å². The molecule has 0 saturated carbocycles. The summed E-state index contributed by atoms with van der Waals surface area (Å²) in [6.07, 6.45) is 5.48. The number of aromatic nitrogens is 2. The van der Waals surface area contributed by atoms with Crippen molar-refractivity contribution in [3.8, 4) is 0 Å². The summed E-state index contributed by atoms with van der Waals surface area (Å²) < 4.78 is 7.62. The fourth-order valence-corrected chi connectivity index (χ4v) is 2.36. The molecule has 1 aliphatic heterocycles. The van der Waals surface area contributed by atoms with Gasteiger partial charge < -0.3 is 19.9 Å². The zero-order valence-corrected chi connectivity index (χ0v) is 14.6. The smallest absolute Gasteiger partial charge is 0.243 e. The van der Waals surface area contributed by atoms with Crippen molar-refractivity contribution in [2.75, 3.05) is 46.9 Å². The number of hydrogen-bond acceptors (Lipinski definition) is 4. The first kappa shape index (κ1) is 18.0. The molecule has 0 bridgehead atoms. The molecule has 24 heavy (non-hydrogen) atoms. The van der Waals surface area contributed by atoms with Gasteiger partial charge in [-0.3, -0.25) is 9.48 Å². The number of amides is 1. The molecule has 1 unspecified atom stereocenters. The van der Waals surface area contributed by atoms with Crippen molar-refractivity contribution in [2.45, 2.75) is 6.10 Å². The third kappa shape index (κ3) is 4.82. The SMILES string of the molecule is C=CCNC(=NCC(=O)N(C)C)N1CCOC(c2cnn(C)c2)C1. The Morgan fingerprint density at radius 3 is 3.04 bits per heavy atom. The number of aliphatic imine (C=N–C) groups is 1. The van der Waals surface area contributed by atoms with Gasteiger partial charge in [-0.1, -0.05) is 6.08 Å². The Morgan fingerprint density at radius 2 is 2.42 bits per heavy atom. The molecule has 8 nitrogen and oxygen atoms in total. The highest BCUT2D eigenvalue weighted by Crippen LogP contribution is 2.21. The molecule has 0 aliphatic carbocycles. The molecule has 1 aromatic heterocycles. The van der Waals surface area contributed by atoms with E-state index >= 15 is 0 Å².